The fourth-order valence-corrected chi connectivity index (χ4v) is 3.24. The molecular formula is C20H24BrNO5. The number of methoxy groups -OCH3 is 3. The Morgan fingerprint density at radius 1 is 1.11 bits per heavy atom. The van der Waals surface area contributed by atoms with Crippen LogP contribution in [0, 0.1) is 0 Å². The number of aromatic hydroxyl groups is 1. The van der Waals surface area contributed by atoms with Gasteiger partial charge in [-0.3, -0.25) is 4.79 Å². The van der Waals surface area contributed by atoms with Crippen LogP contribution >= 0.6 is 15.9 Å². The summed E-state index contributed by atoms with van der Waals surface area (Å²) in [5.41, 5.74) is 1.42. The van der Waals surface area contributed by atoms with E-state index in [1.54, 1.807) is 24.3 Å². The smallest absolute Gasteiger partial charge is 0.256 e. The van der Waals surface area contributed by atoms with Gasteiger partial charge in [-0.1, -0.05) is 6.07 Å². The second-order valence-corrected chi connectivity index (χ2v) is 6.93. The van der Waals surface area contributed by atoms with Crippen LogP contribution in [-0.2, 0) is 6.42 Å². The van der Waals surface area contributed by atoms with Crippen molar-refractivity contribution in [2.75, 3.05) is 21.3 Å². The molecule has 2 rings (SSSR count). The highest BCUT2D eigenvalue weighted by Crippen LogP contribution is 2.36. The lowest BCUT2D eigenvalue weighted by Gasteiger charge is -2.18. The van der Waals surface area contributed by atoms with Crippen LogP contribution in [0.2, 0.25) is 0 Å². The standard InChI is InChI=1S/C20H24BrNO5/c1-12(5-6-13-7-9-15(23)17(11-13)26-3)22-20(24)18-14(21)8-10-16(25-2)19(18)27-4/h7-12,23H,5-6H2,1-4H3,(H,22,24)/t12-/m1/s1. The number of hydrogen-bond acceptors (Lipinski definition) is 5. The zero-order valence-electron chi connectivity index (χ0n) is 15.8. The molecule has 2 aromatic carbocycles. The van der Waals surface area contributed by atoms with Gasteiger partial charge in [-0.05, 0) is 65.5 Å². The molecule has 0 aliphatic heterocycles. The van der Waals surface area contributed by atoms with Crippen molar-refractivity contribution in [3.63, 3.8) is 0 Å². The average Bonchev–Trinajstić information content (AvgIpc) is 2.66. The lowest BCUT2D eigenvalue weighted by Crippen LogP contribution is -2.33. The number of rotatable bonds is 8. The first-order valence-electron chi connectivity index (χ1n) is 8.48. The van der Waals surface area contributed by atoms with Crippen LogP contribution in [-0.4, -0.2) is 38.4 Å². The molecule has 1 atom stereocenters. The number of phenolic OH excluding ortho intramolecular Hbond substituents is 1. The number of nitrogens with one attached hydrogen (secondary N) is 1. The summed E-state index contributed by atoms with van der Waals surface area (Å²) in [6.07, 6.45) is 1.46. The fraction of sp³-hybridized carbons (Fsp3) is 0.350. The number of carbonyl (C=O) groups is 1. The molecule has 6 nitrogen and oxygen atoms in total. The molecule has 0 bridgehead atoms. The number of aryl methyl sites for hydroxylation is 1. The van der Waals surface area contributed by atoms with Gasteiger partial charge >= 0.3 is 0 Å². The van der Waals surface area contributed by atoms with E-state index in [4.69, 9.17) is 14.2 Å². The van der Waals surface area contributed by atoms with Crippen molar-refractivity contribution in [2.45, 2.75) is 25.8 Å². The highest BCUT2D eigenvalue weighted by Gasteiger charge is 2.21. The summed E-state index contributed by atoms with van der Waals surface area (Å²) in [6, 6.07) is 8.67. The Hall–Kier alpha value is -2.41. The predicted octanol–water partition coefficient (Wildman–Crippen LogP) is 3.93. The van der Waals surface area contributed by atoms with E-state index in [1.807, 2.05) is 13.0 Å². The van der Waals surface area contributed by atoms with Gasteiger partial charge in [0.05, 0.1) is 26.9 Å². The summed E-state index contributed by atoms with van der Waals surface area (Å²) in [6.45, 7) is 1.94. The fourth-order valence-electron chi connectivity index (χ4n) is 2.74. The molecule has 7 heteroatoms. The monoisotopic (exact) mass is 437 g/mol. The SMILES string of the molecule is COc1cc(CC[C@@H](C)NC(=O)c2c(Br)ccc(OC)c2OC)ccc1O. The molecule has 0 heterocycles. The minimum atomic E-state index is -0.242. The van der Waals surface area contributed by atoms with Gasteiger partial charge < -0.3 is 24.6 Å². The molecule has 27 heavy (non-hydrogen) atoms. The van der Waals surface area contributed by atoms with Gasteiger partial charge in [0.2, 0.25) is 0 Å². The van der Waals surface area contributed by atoms with E-state index in [1.165, 1.54) is 21.3 Å². The number of ether oxygens (including phenoxy) is 3. The van der Waals surface area contributed by atoms with Crippen LogP contribution < -0.4 is 19.5 Å². The minimum absolute atomic E-state index is 0.0693. The molecule has 0 radical (unpaired) electrons. The van der Waals surface area contributed by atoms with Crippen LogP contribution in [0.5, 0.6) is 23.0 Å². The maximum atomic E-state index is 12.8. The van der Waals surface area contributed by atoms with E-state index in [-0.39, 0.29) is 17.7 Å². The highest BCUT2D eigenvalue weighted by molar-refractivity contribution is 9.10. The molecule has 0 aliphatic carbocycles. The van der Waals surface area contributed by atoms with E-state index < -0.39 is 0 Å². The normalized spacial score (nSPS) is 11.6. The molecule has 2 aromatic rings. The molecule has 0 saturated heterocycles. The Morgan fingerprint density at radius 3 is 2.44 bits per heavy atom. The second-order valence-electron chi connectivity index (χ2n) is 6.08. The number of phenols is 1. The summed E-state index contributed by atoms with van der Waals surface area (Å²) >= 11 is 3.41. The van der Waals surface area contributed by atoms with E-state index in [2.05, 4.69) is 21.2 Å². The molecule has 1 amide bonds. The molecule has 0 spiro atoms. The Labute approximate surface area is 167 Å². The van der Waals surface area contributed by atoms with Crippen molar-refractivity contribution in [2.24, 2.45) is 0 Å². The second kappa shape index (κ2) is 9.50. The molecular weight excluding hydrogens is 414 g/mol. The summed E-state index contributed by atoms with van der Waals surface area (Å²) in [4.78, 5) is 12.8. The zero-order valence-corrected chi connectivity index (χ0v) is 17.4. The Bertz CT molecular complexity index is 809. The average molecular weight is 438 g/mol. The minimum Gasteiger partial charge on any atom is -0.504 e. The number of halogens is 1. The first kappa shape index (κ1) is 20.9. The maximum Gasteiger partial charge on any atom is 0.256 e. The Balaban J connectivity index is 2.06. The lowest BCUT2D eigenvalue weighted by atomic mass is 10.0. The topological polar surface area (TPSA) is 77.0 Å². The molecule has 0 saturated carbocycles. The molecule has 0 fully saturated rings. The predicted molar refractivity (Wildman–Crippen MR) is 107 cm³/mol. The molecule has 0 aromatic heterocycles. The van der Waals surface area contributed by atoms with Crippen molar-refractivity contribution in [3.05, 3.63) is 45.9 Å². The third kappa shape index (κ3) is 5.07. The summed E-state index contributed by atoms with van der Waals surface area (Å²) < 4.78 is 16.4. The summed E-state index contributed by atoms with van der Waals surface area (Å²) in [5, 5.41) is 12.7. The van der Waals surface area contributed by atoms with Crippen molar-refractivity contribution in [1.82, 2.24) is 5.32 Å². The first-order valence-corrected chi connectivity index (χ1v) is 9.27. The van der Waals surface area contributed by atoms with E-state index >= 15 is 0 Å². The molecule has 0 aliphatic rings. The number of benzene rings is 2. The van der Waals surface area contributed by atoms with Gasteiger partial charge in [0.15, 0.2) is 23.0 Å². The highest BCUT2D eigenvalue weighted by atomic mass is 79.9. The van der Waals surface area contributed by atoms with Gasteiger partial charge in [0, 0.05) is 10.5 Å². The zero-order chi connectivity index (χ0) is 20.0. The van der Waals surface area contributed by atoms with E-state index in [9.17, 15) is 9.90 Å². The van der Waals surface area contributed by atoms with Gasteiger partial charge in [-0.15, -0.1) is 0 Å². The Morgan fingerprint density at radius 2 is 1.81 bits per heavy atom. The van der Waals surface area contributed by atoms with Crippen molar-refractivity contribution in [1.29, 1.82) is 0 Å². The van der Waals surface area contributed by atoms with Crippen molar-refractivity contribution >= 4 is 21.8 Å². The quantitative estimate of drug-likeness (QED) is 0.653. The largest absolute Gasteiger partial charge is 0.504 e. The van der Waals surface area contributed by atoms with Crippen LogP contribution in [0.3, 0.4) is 0 Å². The maximum absolute atomic E-state index is 12.8. The Kier molecular flexibility index (Phi) is 7.36. The van der Waals surface area contributed by atoms with Gasteiger partial charge in [0.1, 0.15) is 0 Å². The number of hydrogen-bond donors (Lipinski definition) is 2. The van der Waals surface area contributed by atoms with Gasteiger partial charge in [0.25, 0.3) is 5.91 Å². The van der Waals surface area contributed by atoms with Crippen molar-refractivity contribution < 1.29 is 24.1 Å². The molecule has 146 valence electrons. The summed E-state index contributed by atoms with van der Waals surface area (Å²) in [7, 11) is 4.55. The lowest BCUT2D eigenvalue weighted by molar-refractivity contribution is 0.0934. The number of carbonyl (C=O) groups excluding carboxylic acids is 1. The molecule has 2 N–H and O–H groups in total. The van der Waals surface area contributed by atoms with Gasteiger partial charge in [-0.2, -0.15) is 0 Å². The first-order chi connectivity index (χ1) is 12.9. The van der Waals surface area contributed by atoms with Crippen LogP contribution in [0.4, 0.5) is 0 Å². The van der Waals surface area contributed by atoms with Crippen LogP contribution in [0.1, 0.15) is 29.3 Å². The molecule has 0 unspecified atom stereocenters. The van der Waals surface area contributed by atoms with E-state index in [0.717, 1.165) is 18.4 Å². The third-order valence-corrected chi connectivity index (χ3v) is 4.87. The number of amides is 1. The van der Waals surface area contributed by atoms with Crippen molar-refractivity contribution in [3.8, 4) is 23.0 Å². The van der Waals surface area contributed by atoms with Crippen LogP contribution in [0.25, 0.3) is 0 Å². The van der Waals surface area contributed by atoms with E-state index in [0.29, 0.717) is 27.3 Å². The van der Waals surface area contributed by atoms with Gasteiger partial charge in [-0.25, -0.2) is 0 Å². The summed E-state index contributed by atoms with van der Waals surface area (Å²) in [5.74, 6) is 1.19. The third-order valence-electron chi connectivity index (χ3n) is 4.21. The van der Waals surface area contributed by atoms with Crippen LogP contribution in [0.15, 0.2) is 34.8 Å².